The molecule has 0 spiro atoms. The number of benzene rings is 1. The number of pyridine rings is 1. The van der Waals surface area contributed by atoms with Crippen LogP contribution in [0.4, 0.5) is 17.5 Å². The predicted octanol–water partition coefficient (Wildman–Crippen LogP) is 1.52. The van der Waals surface area contributed by atoms with Crippen LogP contribution in [0, 0.1) is 0 Å². The van der Waals surface area contributed by atoms with Crippen LogP contribution in [0.2, 0.25) is 0 Å². The van der Waals surface area contributed by atoms with Gasteiger partial charge >= 0.3 is 0 Å². The number of phenols is 1. The monoisotopic (exact) mass is 485 g/mol. The van der Waals surface area contributed by atoms with Crippen molar-refractivity contribution in [3.05, 3.63) is 55.1 Å². The number of carbonyl (C=O) groups is 1. The first-order valence-electron chi connectivity index (χ1n) is 12.0. The van der Waals surface area contributed by atoms with Crippen molar-refractivity contribution in [2.45, 2.75) is 0 Å². The van der Waals surface area contributed by atoms with Crippen LogP contribution < -0.4 is 14.7 Å². The highest BCUT2D eigenvalue weighted by molar-refractivity contribution is 5.90. The second-order valence-corrected chi connectivity index (χ2v) is 9.07. The highest BCUT2D eigenvalue weighted by atomic mass is 16.3. The van der Waals surface area contributed by atoms with Gasteiger partial charge in [-0.15, -0.1) is 0 Å². The van der Waals surface area contributed by atoms with Gasteiger partial charge in [-0.25, -0.2) is 4.98 Å². The smallest absolute Gasteiger partial charge is 0.241 e. The molecule has 3 aromatic heterocycles. The van der Waals surface area contributed by atoms with E-state index in [4.69, 9.17) is 9.97 Å². The molecule has 0 bridgehead atoms. The lowest BCUT2D eigenvalue weighted by molar-refractivity contribution is -0.129. The summed E-state index contributed by atoms with van der Waals surface area (Å²) in [7, 11) is 1.83. The van der Waals surface area contributed by atoms with Crippen LogP contribution in [0.3, 0.4) is 0 Å². The Labute approximate surface area is 208 Å². The Morgan fingerprint density at radius 3 is 2.22 bits per heavy atom. The molecule has 2 aliphatic rings. The number of nitrogens with zero attached hydrogens (tertiary/aromatic N) is 9. The van der Waals surface area contributed by atoms with Crippen LogP contribution in [0.5, 0.6) is 5.75 Å². The number of hydrogen-bond donors (Lipinski definition) is 1. The average molecular weight is 486 g/mol. The Morgan fingerprint density at radius 2 is 1.50 bits per heavy atom. The Kier molecular flexibility index (Phi) is 5.51. The molecule has 184 valence electrons. The summed E-state index contributed by atoms with van der Waals surface area (Å²) in [6.07, 6.45) is 5.24. The molecule has 6 rings (SSSR count). The minimum Gasteiger partial charge on any atom is -0.508 e. The Balaban J connectivity index is 1.35. The van der Waals surface area contributed by atoms with Gasteiger partial charge < -0.3 is 24.7 Å². The largest absolute Gasteiger partial charge is 0.508 e. The number of aromatic nitrogens is 5. The molecule has 0 radical (unpaired) electrons. The summed E-state index contributed by atoms with van der Waals surface area (Å²) in [5, 5.41) is 9.60. The summed E-state index contributed by atoms with van der Waals surface area (Å²) in [6, 6.07) is 11.1. The van der Waals surface area contributed by atoms with E-state index in [1.54, 1.807) is 35.8 Å². The number of piperazine rings is 2. The number of rotatable bonds is 4. The van der Waals surface area contributed by atoms with Crippen molar-refractivity contribution < 1.29 is 9.90 Å². The fraction of sp³-hybridized carbons (Fsp3) is 0.320. The quantitative estimate of drug-likeness (QED) is 0.460. The number of likely N-dealkylation sites (N-methyl/N-ethyl adjacent to an activating group) is 1. The second kappa shape index (κ2) is 8.99. The number of imidazole rings is 1. The van der Waals surface area contributed by atoms with Gasteiger partial charge in [-0.2, -0.15) is 9.97 Å². The zero-order chi connectivity index (χ0) is 24.6. The first-order chi connectivity index (χ1) is 17.6. The molecule has 2 fully saturated rings. The maximum atomic E-state index is 12.5. The molecule has 36 heavy (non-hydrogen) atoms. The van der Waals surface area contributed by atoms with Gasteiger partial charge in [0.15, 0.2) is 17.0 Å². The van der Waals surface area contributed by atoms with Crippen molar-refractivity contribution in [2.24, 2.45) is 0 Å². The van der Waals surface area contributed by atoms with Crippen molar-refractivity contribution in [2.75, 3.05) is 67.6 Å². The fourth-order valence-corrected chi connectivity index (χ4v) is 4.70. The third-order valence-electron chi connectivity index (χ3n) is 6.84. The standard InChI is InChI=1S/C25H27N9O2/c1-30-10-11-33(16-21(30)36)23-22-24(34(17-27-22)19-6-8-26-9-7-19)29-25(28-23)32-14-12-31(13-15-32)18-2-4-20(35)5-3-18/h2-9,17,35H,10-16H2,1H3. The van der Waals surface area contributed by atoms with Crippen LogP contribution >= 0.6 is 0 Å². The van der Waals surface area contributed by atoms with E-state index in [9.17, 15) is 9.90 Å². The molecule has 1 aromatic carbocycles. The SMILES string of the molecule is CN1CCN(c2nc(N3CCN(c4ccc(O)cc4)CC3)nc3c2ncn3-c2ccncc2)CC1=O. The van der Waals surface area contributed by atoms with Gasteiger partial charge in [-0.1, -0.05) is 0 Å². The zero-order valence-corrected chi connectivity index (χ0v) is 20.0. The summed E-state index contributed by atoms with van der Waals surface area (Å²) < 4.78 is 1.94. The van der Waals surface area contributed by atoms with Crippen molar-refractivity contribution in [1.29, 1.82) is 0 Å². The first-order valence-corrected chi connectivity index (χ1v) is 12.0. The number of fused-ring (bicyclic) bond motifs is 1. The molecule has 0 atom stereocenters. The number of anilines is 3. The van der Waals surface area contributed by atoms with E-state index in [1.807, 2.05) is 40.8 Å². The second-order valence-electron chi connectivity index (χ2n) is 9.07. The highest BCUT2D eigenvalue weighted by Crippen LogP contribution is 2.29. The zero-order valence-electron chi connectivity index (χ0n) is 20.0. The third kappa shape index (κ3) is 4.02. The Hall–Kier alpha value is -4.41. The topological polar surface area (TPSA) is 107 Å². The molecule has 2 aliphatic heterocycles. The molecular formula is C25H27N9O2. The van der Waals surface area contributed by atoms with Gasteiger partial charge in [0.1, 0.15) is 12.1 Å². The molecular weight excluding hydrogens is 458 g/mol. The van der Waals surface area contributed by atoms with Crippen LogP contribution in [-0.2, 0) is 4.79 Å². The molecule has 1 N–H and O–H groups in total. The van der Waals surface area contributed by atoms with Crippen molar-refractivity contribution in [3.63, 3.8) is 0 Å². The highest BCUT2D eigenvalue weighted by Gasteiger charge is 2.28. The van der Waals surface area contributed by atoms with Crippen molar-refractivity contribution in [3.8, 4) is 11.4 Å². The van der Waals surface area contributed by atoms with Gasteiger partial charge in [0.05, 0.1) is 12.2 Å². The molecule has 5 heterocycles. The minimum absolute atomic E-state index is 0.0608. The lowest BCUT2D eigenvalue weighted by atomic mass is 10.2. The normalized spacial score (nSPS) is 16.8. The molecule has 2 saturated heterocycles. The van der Waals surface area contributed by atoms with Crippen LogP contribution in [-0.4, -0.2) is 93.3 Å². The molecule has 0 saturated carbocycles. The lowest BCUT2D eigenvalue weighted by Gasteiger charge is -2.37. The van der Waals surface area contributed by atoms with E-state index >= 15 is 0 Å². The number of hydrogen-bond acceptors (Lipinski definition) is 9. The van der Waals surface area contributed by atoms with E-state index in [1.165, 1.54) is 0 Å². The molecule has 4 aromatic rings. The molecule has 11 heteroatoms. The van der Waals surface area contributed by atoms with E-state index in [0.717, 1.165) is 37.6 Å². The summed E-state index contributed by atoms with van der Waals surface area (Å²) in [6.45, 7) is 4.68. The van der Waals surface area contributed by atoms with Crippen LogP contribution in [0.15, 0.2) is 55.1 Å². The minimum atomic E-state index is 0.0608. The molecule has 11 nitrogen and oxygen atoms in total. The number of phenolic OH excluding ortho intramolecular Hbond substituents is 1. The average Bonchev–Trinajstić information content (AvgIpc) is 3.35. The molecule has 0 unspecified atom stereocenters. The van der Waals surface area contributed by atoms with E-state index in [2.05, 4.69) is 19.8 Å². The summed E-state index contributed by atoms with van der Waals surface area (Å²) in [5.74, 6) is 1.64. The maximum Gasteiger partial charge on any atom is 0.241 e. The van der Waals surface area contributed by atoms with Crippen molar-refractivity contribution in [1.82, 2.24) is 29.4 Å². The number of aromatic hydroxyl groups is 1. The van der Waals surface area contributed by atoms with Crippen molar-refractivity contribution >= 4 is 34.5 Å². The molecule has 0 aliphatic carbocycles. The van der Waals surface area contributed by atoms with Gasteiger partial charge in [0.2, 0.25) is 11.9 Å². The van der Waals surface area contributed by atoms with E-state index in [-0.39, 0.29) is 18.2 Å². The fourth-order valence-electron chi connectivity index (χ4n) is 4.70. The van der Waals surface area contributed by atoms with Gasteiger partial charge in [0, 0.05) is 64.4 Å². The summed E-state index contributed by atoms with van der Waals surface area (Å²) >= 11 is 0. The van der Waals surface area contributed by atoms with Gasteiger partial charge in [0.25, 0.3) is 0 Å². The first kappa shape index (κ1) is 22.1. The maximum absolute atomic E-state index is 12.5. The summed E-state index contributed by atoms with van der Waals surface area (Å²) in [5.41, 5.74) is 3.37. The Bertz CT molecular complexity index is 1380. The third-order valence-corrected chi connectivity index (χ3v) is 6.84. The van der Waals surface area contributed by atoms with Gasteiger partial charge in [-0.3, -0.25) is 14.3 Å². The van der Waals surface area contributed by atoms with E-state index < -0.39 is 0 Å². The number of carbonyl (C=O) groups excluding carboxylic acids is 1. The lowest BCUT2D eigenvalue weighted by Crippen LogP contribution is -2.49. The predicted molar refractivity (Wildman–Crippen MR) is 137 cm³/mol. The van der Waals surface area contributed by atoms with Crippen LogP contribution in [0.1, 0.15) is 0 Å². The Morgan fingerprint density at radius 1 is 0.806 bits per heavy atom. The number of amides is 1. The van der Waals surface area contributed by atoms with Gasteiger partial charge in [-0.05, 0) is 36.4 Å². The van der Waals surface area contributed by atoms with Crippen LogP contribution in [0.25, 0.3) is 16.9 Å². The summed E-state index contributed by atoms with van der Waals surface area (Å²) in [4.78, 5) is 39.4. The molecule has 1 amide bonds. The van der Waals surface area contributed by atoms with E-state index in [0.29, 0.717) is 36.0 Å².